The Kier molecular flexibility index (Phi) is 2.22. The highest BCUT2D eigenvalue weighted by Crippen LogP contribution is 2.20. The molecule has 0 unspecified atom stereocenters. The van der Waals surface area contributed by atoms with Crippen molar-refractivity contribution in [3.8, 4) is 11.3 Å². The summed E-state index contributed by atoms with van der Waals surface area (Å²) < 4.78 is 2.12. The van der Waals surface area contributed by atoms with Crippen LogP contribution < -0.4 is 0 Å². The van der Waals surface area contributed by atoms with Crippen molar-refractivity contribution >= 4 is 5.52 Å². The number of aryl methyl sites for hydroxylation is 2. The number of nitrogens with zero attached hydrogens (tertiary/aromatic N) is 2. The molecule has 0 spiro atoms. The van der Waals surface area contributed by atoms with Crippen molar-refractivity contribution < 1.29 is 0 Å². The summed E-state index contributed by atoms with van der Waals surface area (Å²) >= 11 is 0. The van der Waals surface area contributed by atoms with Gasteiger partial charge in [-0.1, -0.05) is 29.8 Å². The molecule has 0 radical (unpaired) electrons. The first-order chi connectivity index (χ1) is 8.24. The quantitative estimate of drug-likeness (QED) is 0.614. The van der Waals surface area contributed by atoms with E-state index in [1.807, 2.05) is 13.0 Å². The SMILES string of the molecule is Cc1ccc(-c2cn3cccc3c(C)n2)cc1. The Morgan fingerprint density at radius 2 is 1.76 bits per heavy atom. The molecule has 2 aromatic heterocycles. The molecule has 0 amide bonds. The van der Waals surface area contributed by atoms with Crippen LogP contribution in [0.2, 0.25) is 0 Å². The molecule has 84 valence electrons. The van der Waals surface area contributed by atoms with Crippen molar-refractivity contribution in [2.45, 2.75) is 13.8 Å². The van der Waals surface area contributed by atoms with Gasteiger partial charge < -0.3 is 4.40 Å². The highest BCUT2D eigenvalue weighted by atomic mass is 14.9. The average Bonchev–Trinajstić information content (AvgIpc) is 2.78. The molecule has 0 aliphatic carbocycles. The van der Waals surface area contributed by atoms with E-state index in [0.717, 1.165) is 17.0 Å². The van der Waals surface area contributed by atoms with E-state index >= 15 is 0 Å². The third-order valence-corrected chi connectivity index (χ3v) is 3.05. The van der Waals surface area contributed by atoms with Gasteiger partial charge in [0, 0.05) is 18.0 Å². The summed E-state index contributed by atoms with van der Waals surface area (Å²) in [4.78, 5) is 4.65. The van der Waals surface area contributed by atoms with Gasteiger partial charge in [-0.2, -0.15) is 0 Å². The number of aromatic nitrogens is 2. The van der Waals surface area contributed by atoms with Gasteiger partial charge in [0.1, 0.15) is 0 Å². The Bertz CT molecular complexity index is 663. The Morgan fingerprint density at radius 1 is 1.00 bits per heavy atom. The van der Waals surface area contributed by atoms with Crippen LogP contribution >= 0.6 is 0 Å². The van der Waals surface area contributed by atoms with Gasteiger partial charge in [-0.25, -0.2) is 4.98 Å². The summed E-state index contributed by atoms with van der Waals surface area (Å²) in [5.41, 5.74) is 5.68. The summed E-state index contributed by atoms with van der Waals surface area (Å²) in [6.07, 6.45) is 4.13. The largest absolute Gasteiger partial charge is 0.320 e. The lowest BCUT2D eigenvalue weighted by Gasteiger charge is -2.05. The van der Waals surface area contributed by atoms with Gasteiger partial charge in [0.25, 0.3) is 0 Å². The van der Waals surface area contributed by atoms with Crippen LogP contribution in [-0.4, -0.2) is 9.38 Å². The molecule has 0 aliphatic rings. The van der Waals surface area contributed by atoms with Gasteiger partial charge in [-0.3, -0.25) is 0 Å². The third-order valence-electron chi connectivity index (χ3n) is 3.05. The standard InChI is InChI=1S/C15H14N2/c1-11-5-7-13(8-6-11)14-10-17-9-3-4-15(17)12(2)16-14/h3-10H,1-2H3. The van der Waals surface area contributed by atoms with Crippen LogP contribution in [0, 0.1) is 13.8 Å². The number of benzene rings is 1. The number of rotatable bonds is 1. The highest BCUT2D eigenvalue weighted by molar-refractivity contribution is 5.63. The highest BCUT2D eigenvalue weighted by Gasteiger charge is 2.04. The summed E-state index contributed by atoms with van der Waals surface area (Å²) in [5.74, 6) is 0. The van der Waals surface area contributed by atoms with E-state index in [2.05, 4.69) is 59.0 Å². The Morgan fingerprint density at radius 3 is 2.53 bits per heavy atom. The fourth-order valence-corrected chi connectivity index (χ4v) is 2.08. The maximum atomic E-state index is 4.65. The minimum Gasteiger partial charge on any atom is -0.320 e. The van der Waals surface area contributed by atoms with Gasteiger partial charge in [-0.15, -0.1) is 0 Å². The minimum atomic E-state index is 1.02. The van der Waals surface area contributed by atoms with E-state index in [4.69, 9.17) is 0 Å². The Hall–Kier alpha value is -2.09. The lowest BCUT2D eigenvalue weighted by atomic mass is 10.1. The number of fused-ring (bicyclic) bond motifs is 1. The molecule has 0 fully saturated rings. The summed E-state index contributed by atoms with van der Waals surface area (Å²) in [7, 11) is 0. The lowest BCUT2D eigenvalue weighted by molar-refractivity contribution is 1.10. The van der Waals surface area contributed by atoms with E-state index in [0.29, 0.717) is 0 Å². The first-order valence-electron chi connectivity index (χ1n) is 5.75. The molecule has 3 aromatic rings. The van der Waals surface area contributed by atoms with Crippen molar-refractivity contribution in [2.75, 3.05) is 0 Å². The molecule has 2 heteroatoms. The van der Waals surface area contributed by atoms with Crippen LogP contribution in [-0.2, 0) is 0 Å². The topological polar surface area (TPSA) is 17.3 Å². The predicted octanol–water partition coefficient (Wildman–Crippen LogP) is 3.62. The zero-order valence-electron chi connectivity index (χ0n) is 10.0. The van der Waals surface area contributed by atoms with Crippen LogP contribution in [0.4, 0.5) is 0 Å². The van der Waals surface area contributed by atoms with Gasteiger partial charge >= 0.3 is 0 Å². The van der Waals surface area contributed by atoms with Crippen LogP contribution in [0.1, 0.15) is 11.3 Å². The van der Waals surface area contributed by atoms with Crippen molar-refractivity contribution in [3.63, 3.8) is 0 Å². The van der Waals surface area contributed by atoms with Crippen LogP contribution in [0.5, 0.6) is 0 Å². The fraction of sp³-hybridized carbons (Fsp3) is 0.133. The molecular weight excluding hydrogens is 208 g/mol. The van der Waals surface area contributed by atoms with E-state index in [1.54, 1.807) is 0 Å². The van der Waals surface area contributed by atoms with Crippen LogP contribution in [0.15, 0.2) is 48.8 Å². The fourth-order valence-electron chi connectivity index (χ4n) is 2.08. The van der Waals surface area contributed by atoms with Crippen LogP contribution in [0.3, 0.4) is 0 Å². The molecule has 2 heterocycles. The number of hydrogen-bond donors (Lipinski definition) is 0. The second-order valence-electron chi connectivity index (χ2n) is 4.38. The normalized spacial score (nSPS) is 10.9. The molecule has 2 nitrogen and oxygen atoms in total. The summed E-state index contributed by atoms with van der Waals surface area (Å²) in [5, 5.41) is 0. The average molecular weight is 222 g/mol. The molecule has 0 N–H and O–H groups in total. The Balaban J connectivity index is 2.20. The van der Waals surface area contributed by atoms with Gasteiger partial charge in [0.15, 0.2) is 0 Å². The van der Waals surface area contributed by atoms with Crippen molar-refractivity contribution in [1.82, 2.24) is 9.38 Å². The molecule has 17 heavy (non-hydrogen) atoms. The van der Waals surface area contributed by atoms with Crippen molar-refractivity contribution in [2.24, 2.45) is 0 Å². The maximum absolute atomic E-state index is 4.65. The summed E-state index contributed by atoms with van der Waals surface area (Å²) in [6.45, 7) is 4.14. The third kappa shape index (κ3) is 1.72. The molecule has 3 rings (SSSR count). The summed E-state index contributed by atoms with van der Waals surface area (Å²) in [6, 6.07) is 12.6. The molecule has 0 atom stereocenters. The Labute approximate surface area is 101 Å². The monoisotopic (exact) mass is 222 g/mol. The smallest absolute Gasteiger partial charge is 0.0871 e. The molecule has 0 aliphatic heterocycles. The molecule has 1 aromatic carbocycles. The zero-order valence-corrected chi connectivity index (χ0v) is 10.0. The van der Waals surface area contributed by atoms with Gasteiger partial charge in [-0.05, 0) is 26.0 Å². The van der Waals surface area contributed by atoms with Gasteiger partial charge in [0.2, 0.25) is 0 Å². The molecular formula is C15H14N2. The van der Waals surface area contributed by atoms with E-state index in [9.17, 15) is 0 Å². The maximum Gasteiger partial charge on any atom is 0.0871 e. The molecule has 0 saturated heterocycles. The molecule has 0 saturated carbocycles. The molecule has 0 bridgehead atoms. The first kappa shape index (κ1) is 10.1. The van der Waals surface area contributed by atoms with Crippen LogP contribution in [0.25, 0.3) is 16.8 Å². The zero-order chi connectivity index (χ0) is 11.8. The van der Waals surface area contributed by atoms with E-state index in [1.165, 1.54) is 11.1 Å². The second kappa shape index (κ2) is 3.74. The van der Waals surface area contributed by atoms with Crippen molar-refractivity contribution in [3.05, 3.63) is 60.0 Å². The number of hydrogen-bond acceptors (Lipinski definition) is 1. The lowest BCUT2D eigenvalue weighted by Crippen LogP contribution is -1.93. The minimum absolute atomic E-state index is 1.02. The van der Waals surface area contributed by atoms with E-state index in [-0.39, 0.29) is 0 Å². The first-order valence-corrected chi connectivity index (χ1v) is 5.75. The van der Waals surface area contributed by atoms with E-state index < -0.39 is 0 Å². The van der Waals surface area contributed by atoms with Crippen molar-refractivity contribution in [1.29, 1.82) is 0 Å². The predicted molar refractivity (Wildman–Crippen MR) is 70.1 cm³/mol. The second-order valence-corrected chi connectivity index (χ2v) is 4.38. The van der Waals surface area contributed by atoms with Gasteiger partial charge in [0.05, 0.1) is 16.9 Å².